The van der Waals surface area contributed by atoms with E-state index in [1.807, 2.05) is 24.3 Å². The number of carbonyl (C=O) groups is 1. The second-order valence-corrected chi connectivity index (χ2v) is 3.61. The fraction of sp³-hybridized carbons (Fsp3) is 0.167. The second-order valence-electron chi connectivity index (χ2n) is 3.61. The summed E-state index contributed by atoms with van der Waals surface area (Å²) in [7, 11) is 0. The number of para-hydroxylation sites is 1. The van der Waals surface area contributed by atoms with Crippen molar-refractivity contribution >= 4 is 12.0 Å². The Morgan fingerprint density at radius 3 is 3.07 bits per heavy atom. The molecular weight excluding hydrogens is 190 g/mol. The van der Waals surface area contributed by atoms with Crippen molar-refractivity contribution < 1.29 is 9.53 Å². The van der Waals surface area contributed by atoms with Gasteiger partial charge >= 0.3 is 0 Å². The first-order chi connectivity index (χ1) is 7.34. The monoisotopic (exact) mass is 199 g/mol. The molecule has 0 fully saturated rings. The van der Waals surface area contributed by atoms with Gasteiger partial charge in [-0.25, -0.2) is 4.99 Å². The highest BCUT2D eigenvalue weighted by Crippen LogP contribution is 2.32. The van der Waals surface area contributed by atoms with Crippen molar-refractivity contribution in [1.29, 1.82) is 0 Å². The number of aliphatic imine (C=N–C) groups is 1. The number of ether oxygens (including phenoxy) is 1. The van der Waals surface area contributed by atoms with Gasteiger partial charge in [-0.1, -0.05) is 18.2 Å². The van der Waals surface area contributed by atoms with E-state index in [2.05, 4.69) is 4.99 Å². The smallest absolute Gasteiger partial charge is 0.226 e. The molecule has 0 saturated carbocycles. The zero-order chi connectivity index (χ0) is 10.3. The molecule has 0 spiro atoms. The Balaban J connectivity index is 2.08. The molecule has 1 aromatic carbocycles. The number of fused-ring (bicyclic) bond motifs is 1. The van der Waals surface area contributed by atoms with Crippen molar-refractivity contribution in [2.75, 3.05) is 0 Å². The van der Waals surface area contributed by atoms with Gasteiger partial charge in [-0.15, -0.1) is 0 Å². The fourth-order valence-electron chi connectivity index (χ4n) is 1.84. The third kappa shape index (κ3) is 1.28. The largest absolute Gasteiger partial charge is 0.438 e. The lowest BCUT2D eigenvalue weighted by atomic mass is 9.97. The summed E-state index contributed by atoms with van der Waals surface area (Å²) in [4.78, 5) is 15.7. The number of rotatable bonds is 0. The van der Waals surface area contributed by atoms with Crippen LogP contribution in [0.5, 0.6) is 5.75 Å². The summed E-state index contributed by atoms with van der Waals surface area (Å²) < 4.78 is 5.57. The number of Topliss-reactive ketones (excluding diaryl/α,β-unsaturated/α-hetero) is 1. The number of carbonyl (C=O) groups excluding carboxylic acids is 1. The molecule has 0 aliphatic carbocycles. The Hall–Kier alpha value is -1.90. The molecule has 0 radical (unpaired) electrons. The van der Waals surface area contributed by atoms with Gasteiger partial charge in [0.25, 0.3) is 0 Å². The average Bonchev–Trinajstić information content (AvgIpc) is 2.27. The minimum absolute atomic E-state index is 0.120. The minimum atomic E-state index is 0.120. The summed E-state index contributed by atoms with van der Waals surface area (Å²) in [5, 5.41) is 0. The van der Waals surface area contributed by atoms with Crippen LogP contribution in [0, 0.1) is 0 Å². The molecule has 0 N–H and O–H groups in total. The van der Waals surface area contributed by atoms with Crippen LogP contribution in [0.25, 0.3) is 0 Å². The Labute approximate surface area is 87.1 Å². The predicted molar refractivity (Wildman–Crippen MR) is 55.9 cm³/mol. The molecule has 3 nitrogen and oxygen atoms in total. The molecule has 0 amide bonds. The van der Waals surface area contributed by atoms with Gasteiger partial charge in [-0.2, -0.15) is 0 Å². The molecule has 3 rings (SSSR count). The van der Waals surface area contributed by atoms with Gasteiger partial charge in [-0.05, 0) is 11.6 Å². The van der Waals surface area contributed by atoms with Crippen molar-refractivity contribution in [3.8, 4) is 5.75 Å². The van der Waals surface area contributed by atoms with Crippen LogP contribution in [-0.2, 0) is 11.2 Å². The molecule has 74 valence electrons. The Bertz CT molecular complexity index is 500. The highest BCUT2D eigenvalue weighted by atomic mass is 16.5. The molecule has 3 heteroatoms. The first-order valence-electron chi connectivity index (χ1n) is 4.89. The van der Waals surface area contributed by atoms with Gasteiger partial charge in [0, 0.05) is 19.1 Å². The SMILES string of the molecule is O=C1CC=NC2=C1Cc1ccccc1O2. The highest BCUT2D eigenvalue weighted by molar-refractivity contribution is 6.06. The van der Waals surface area contributed by atoms with Crippen LogP contribution in [0.4, 0.5) is 0 Å². The van der Waals surface area contributed by atoms with Crippen LogP contribution < -0.4 is 4.74 Å². The van der Waals surface area contributed by atoms with E-state index in [1.165, 1.54) is 0 Å². The summed E-state index contributed by atoms with van der Waals surface area (Å²) in [6.07, 6.45) is 2.64. The van der Waals surface area contributed by atoms with E-state index in [0.29, 0.717) is 24.3 Å². The average molecular weight is 199 g/mol. The van der Waals surface area contributed by atoms with E-state index in [9.17, 15) is 4.79 Å². The van der Waals surface area contributed by atoms with Crippen LogP contribution in [0.2, 0.25) is 0 Å². The Morgan fingerprint density at radius 1 is 1.27 bits per heavy atom. The molecule has 2 heterocycles. The van der Waals surface area contributed by atoms with Gasteiger partial charge < -0.3 is 4.74 Å². The molecule has 1 aromatic rings. The fourth-order valence-corrected chi connectivity index (χ4v) is 1.84. The van der Waals surface area contributed by atoms with E-state index in [1.54, 1.807) is 6.21 Å². The van der Waals surface area contributed by atoms with E-state index >= 15 is 0 Å². The summed E-state index contributed by atoms with van der Waals surface area (Å²) in [6, 6.07) is 7.74. The second kappa shape index (κ2) is 3.05. The third-order valence-corrected chi connectivity index (χ3v) is 2.63. The van der Waals surface area contributed by atoms with Gasteiger partial charge in [-0.3, -0.25) is 4.79 Å². The molecule has 0 unspecified atom stereocenters. The molecule has 15 heavy (non-hydrogen) atoms. The van der Waals surface area contributed by atoms with Crippen molar-refractivity contribution in [2.45, 2.75) is 12.8 Å². The molecule has 0 atom stereocenters. The lowest BCUT2D eigenvalue weighted by Gasteiger charge is -2.21. The van der Waals surface area contributed by atoms with Crippen molar-refractivity contribution in [2.24, 2.45) is 4.99 Å². The van der Waals surface area contributed by atoms with Crippen molar-refractivity contribution in [1.82, 2.24) is 0 Å². The molecule has 0 bridgehead atoms. The molecule has 0 aromatic heterocycles. The number of nitrogens with zero attached hydrogens (tertiary/aromatic N) is 1. The zero-order valence-corrected chi connectivity index (χ0v) is 8.06. The normalized spacial score (nSPS) is 18.3. The topological polar surface area (TPSA) is 38.7 Å². The van der Waals surface area contributed by atoms with E-state index < -0.39 is 0 Å². The maximum atomic E-state index is 11.6. The standard InChI is InChI=1S/C12H9NO2/c14-10-5-6-13-12-9(10)7-8-3-1-2-4-11(8)15-12/h1-4,6H,5,7H2. The van der Waals surface area contributed by atoms with Crippen LogP contribution in [-0.4, -0.2) is 12.0 Å². The number of allylic oxidation sites excluding steroid dienone is 1. The number of hydrogen-bond acceptors (Lipinski definition) is 3. The predicted octanol–water partition coefficient (Wildman–Crippen LogP) is 1.88. The summed E-state index contributed by atoms with van der Waals surface area (Å²) in [5.74, 6) is 1.41. The van der Waals surface area contributed by atoms with Crippen molar-refractivity contribution in [3.63, 3.8) is 0 Å². The van der Waals surface area contributed by atoms with Crippen LogP contribution in [0.15, 0.2) is 40.7 Å². The zero-order valence-electron chi connectivity index (χ0n) is 8.06. The van der Waals surface area contributed by atoms with Crippen molar-refractivity contribution in [3.05, 3.63) is 41.3 Å². The highest BCUT2D eigenvalue weighted by Gasteiger charge is 2.25. The van der Waals surface area contributed by atoms with Crippen LogP contribution in [0.1, 0.15) is 12.0 Å². The maximum Gasteiger partial charge on any atom is 0.226 e. The molecule has 2 aliphatic heterocycles. The lowest BCUT2D eigenvalue weighted by Crippen LogP contribution is -2.19. The molecular formula is C12H9NO2. The Kier molecular flexibility index (Phi) is 1.71. The summed E-state index contributed by atoms with van der Waals surface area (Å²) in [5.41, 5.74) is 1.76. The summed E-state index contributed by atoms with van der Waals surface area (Å²) in [6.45, 7) is 0. The van der Waals surface area contributed by atoms with Gasteiger partial charge in [0.2, 0.25) is 5.88 Å². The van der Waals surface area contributed by atoms with Gasteiger partial charge in [0.1, 0.15) is 5.75 Å². The molecule has 0 saturated heterocycles. The summed E-state index contributed by atoms with van der Waals surface area (Å²) >= 11 is 0. The lowest BCUT2D eigenvalue weighted by molar-refractivity contribution is -0.114. The number of benzene rings is 1. The Morgan fingerprint density at radius 2 is 2.13 bits per heavy atom. The maximum absolute atomic E-state index is 11.6. The first kappa shape index (κ1) is 8.41. The van der Waals surface area contributed by atoms with E-state index in [0.717, 1.165) is 11.3 Å². The number of ketones is 1. The number of hydrogen-bond donors (Lipinski definition) is 0. The van der Waals surface area contributed by atoms with Crippen LogP contribution >= 0.6 is 0 Å². The van der Waals surface area contributed by atoms with E-state index in [-0.39, 0.29) is 5.78 Å². The molecule has 2 aliphatic rings. The minimum Gasteiger partial charge on any atom is -0.438 e. The van der Waals surface area contributed by atoms with Gasteiger partial charge in [0.15, 0.2) is 5.78 Å². The first-order valence-corrected chi connectivity index (χ1v) is 4.89. The van der Waals surface area contributed by atoms with E-state index in [4.69, 9.17) is 4.74 Å². The van der Waals surface area contributed by atoms with Gasteiger partial charge in [0.05, 0.1) is 5.57 Å². The third-order valence-electron chi connectivity index (χ3n) is 2.63. The quantitative estimate of drug-likeness (QED) is 0.639. The van der Waals surface area contributed by atoms with Crippen LogP contribution in [0.3, 0.4) is 0 Å².